The zero-order chi connectivity index (χ0) is 13.0. The Morgan fingerprint density at radius 2 is 2.00 bits per heavy atom. The zero-order valence-corrected chi connectivity index (χ0v) is 14.2. The van der Waals surface area contributed by atoms with Gasteiger partial charge in [-0.05, 0) is 23.3 Å². The van der Waals surface area contributed by atoms with Crippen LogP contribution in [0.4, 0.5) is 5.69 Å². The second kappa shape index (κ2) is 10.5. The Morgan fingerprint density at radius 3 is 2.62 bits per heavy atom. The van der Waals surface area contributed by atoms with Crippen LogP contribution in [0.5, 0.6) is 0 Å². The Morgan fingerprint density at radius 1 is 1.29 bits per heavy atom. The molecule has 0 aromatic heterocycles. The van der Waals surface area contributed by atoms with E-state index in [0.29, 0.717) is 17.8 Å². The van der Waals surface area contributed by atoms with Crippen LogP contribution in [0.25, 0.3) is 0 Å². The Bertz CT molecular complexity index is 576. The number of carbonyl (C=O) groups excluding carboxylic acids is 1. The average molecular weight is 341 g/mol. The number of carbonyl (C=O) groups is 1. The van der Waals surface area contributed by atoms with E-state index in [4.69, 9.17) is 5.73 Å². The number of nitrogens with one attached hydrogen (secondary N) is 1. The molecule has 0 spiro atoms. The fourth-order valence-corrected chi connectivity index (χ4v) is 2.01. The third-order valence-electron chi connectivity index (χ3n) is 2.48. The first-order valence-electron chi connectivity index (χ1n) is 5.45. The van der Waals surface area contributed by atoms with Crippen LogP contribution in [-0.4, -0.2) is 5.91 Å². The van der Waals surface area contributed by atoms with E-state index in [0.717, 1.165) is 10.0 Å². The summed E-state index contributed by atoms with van der Waals surface area (Å²) in [5, 5.41) is 2.82. The second-order valence-electron chi connectivity index (χ2n) is 3.83. The number of nitrogen functional groups attached to an aromatic ring is 1. The first-order chi connectivity index (χ1) is 8.66. The van der Waals surface area contributed by atoms with Crippen molar-refractivity contribution in [2.45, 2.75) is 6.54 Å². The molecular formula is C16H18BrLiN2O-2. The van der Waals surface area contributed by atoms with E-state index in [1.807, 2.05) is 24.3 Å². The number of hydrogen-bond acceptors (Lipinski definition) is 2. The van der Waals surface area contributed by atoms with E-state index in [-0.39, 0.29) is 39.6 Å². The van der Waals surface area contributed by atoms with Crippen LogP contribution in [0.15, 0.2) is 46.9 Å². The third-order valence-corrected chi connectivity index (χ3v) is 2.98. The van der Waals surface area contributed by atoms with Gasteiger partial charge >= 0.3 is 18.9 Å². The molecule has 5 heteroatoms. The Labute approximate surface area is 147 Å². The van der Waals surface area contributed by atoms with Crippen molar-refractivity contribution in [3.05, 3.63) is 79.0 Å². The minimum atomic E-state index is -0.190. The van der Waals surface area contributed by atoms with Crippen molar-refractivity contribution < 1.29 is 23.7 Å². The van der Waals surface area contributed by atoms with Gasteiger partial charge in [0.2, 0.25) is 0 Å². The molecule has 108 valence electrons. The molecule has 0 unspecified atom stereocenters. The smallest absolute Gasteiger partial charge is 0.419 e. The number of hydrogen-bond donors (Lipinski definition) is 2. The number of halogens is 1. The van der Waals surface area contributed by atoms with Crippen LogP contribution >= 0.6 is 15.9 Å². The molecule has 0 fully saturated rings. The molecule has 21 heavy (non-hydrogen) atoms. The van der Waals surface area contributed by atoms with E-state index in [1.54, 1.807) is 18.2 Å². The Kier molecular flexibility index (Phi) is 11.0. The van der Waals surface area contributed by atoms with Gasteiger partial charge in [-0.2, -0.15) is 18.2 Å². The van der Waals surface area contributed by atoms with E-state index in [1.165, 1.54) is 0 Å². The summed E-state index contributed by atoms with van der Waals surface area (Å²) in [6, 6.07) is 15.5. The number of nitrogens with two attached hydrogens (primary N) is 1. The van der Waals surface area contributed by atoms with Gasteiger partial charge in [0.05, 0.1) is 0 Å². The molecule has 2 aromatic carbocycles. The van der Waals surface area contributed by atoms with Gasteiger partial charge in [-0.3, -0.25) is 4.79 Å². The van der Waals surface area contributed by atoms with Crippen LogP contribution in [0.3, 0.4) is 0 Å². The van der Waals surface area contributed by atoms with Crippen LogP contribution < -0.4 is 29.9 Å². The maximum atomic E-state index is 11.9. The van der Waals surface area contributed by atoms with Gasteiger partial charge in [0.15, 0.2) is 5.91 Å². The molecule has 1 amide bonds. The maximum Gasteiger partial charge on any atom is 1.00 e. The van der Waals surface area contributed by atoms with Crippen molar-refractivity contribution in [2.75, 3.05) is 5.73 Å². The molecule has 2 rings (SSSR count). The Balaban J connectivity index is 0. The molecule has 0 heterocycles. The monoisotopic (exact) mass is 340 g/mol. The summed E-state index contributed by atoms with van der Waals surface area (Å²) in [5.74, 6) is -0.190. The molecule has 0 atom stereocenters. The van der Waals surface area contributed by atoms with Crippen molar-refractivity contribution in [3.63, 3.8) is 0 Å². The first-order valence-corrected chi connectivity index (χ1v) is 6.24. The summed E-state index contributed by atoms with van der Waals surface area (Å²) in [6.45, 7) is 0.465. The van der Waals surface area contributed by atoms with Crippen LogP contribution in [-0.2, 0) is 6.54 Å². The number of amides is 1. The van der Waals surface area contributed by atoms with Crippen LogP contribution in [0.1, 0.15) is 15.9 Å². The number of rotatable bonds is 3. The molecular weight excluding hydrogens is 323 g/mol. The van der Waals surface area contributed by atoms with Gasteiger partial charge in [0.25, 0.3) is 0 Å². The summed E-state index contributed by atoms with van der Waals surface area (Å²) in [5.41, 5.74) is 7.66. The second-order valence-corrected chi connectivity index (χ2v) is 4.74. The van der Waals surface area contributed by atoms with Gasteiger partial charge in [0, 0.05) is 11.0 Å². The Hall–Kier alpha value is -1.21. The first kappa shape index (κ1) is 22.1. The van der Waals surface area contributed by atoms with Gasteiger partial charge in [-0.15, -0.1) is 6.07 Å². The normalized spacial score (nSPS) is 8.62. The predicted octanol–water partition coefficient (Wildman–Crippen LogP) is 0.666. The molecule has 0 saturated carbocycles. The van der Waals surface area contributed by atoms with E-state index >= 15 is 0 Å². The molecule has 0 aliphatic rings. The SMILES string of the molecule is Nc1cc[c-]cc1C(=O)NCc1cccc(Br)c1.[CH3-].[CH3-].[Li+]. The fraction of sp³-hybridized carbons (Fsp3) is 0.0625. The molecule has 0 aliphatic carbocycles. The van der Waals surface area contributed by atoms with Gasteiger partial charge in [-0.25, -0.2) is 0 Å². The molecule has 0 aliphatic heterocycles. The van der Waals surface area contributed by atoms with Crippen molar-refractivity contribution in [1.82, 2.24) is 5.32 Å². The van der Waals surface area contributed by atoms with Crippen LogP contribution in [0.2, 0.25) is 0 Å². The zero-order valence-electron chi connectivity index (χ0n) is 12.6. The largest absolute Gasteiger partial charge is 1.00 e. The average Bonchev–Trinajstić information content (AvgIpc) is 2.37. The molecule has 2 aromatic rings. The fourth-order valence-electron chi connectivity index (χ4n) is 1.56. The number of benzene rings is 2. The summed E-state index contributed by atoms with van der Waals surface area (Å²) < 4.78 is 0.988. The minimum Gasteiger partial charge on any atom is -0.419 e. The molecule has 0 bridgehead atoms. The van der Waals surface area contributed by atoms with Crippen molar-refractivity contribution in [3.8, 4) is 0 Å². The summed E-state index contributed by atoms with van der Waals surface area (Å²) >= 11 is 3.39. The molecule has 0 radical (unpaired) electrons. The molecule has 3 N–H and O–H groups in total. The standard InChI is InChI=1S/C14H12BrN2O.2CH3.Li/c15-11-5-3-4-10(8-11)9-17-14(18)12-6-1-2-7-13(12)16;;;/h2-8H,9,16H2,(H,17,18);2*1H3;/q3*-1;+1. The van der Waals surface area contributed by atoms with Crippen molar-refractivity contribution in [2.24, 2.45) is 0 Å². The van der Waals surface area contributed by atoms with Crippen LogP contribution in [0, 0.1) is 20.9 Å². The predicted molar refractivity (Wildman–Crippen MR) is 87.8 cm³/mol. The van der Waals surface area contributed by atoms with Crippen molar-refractivity contribution in [1.29, 1.82) is 0 Å². The van der Waals surface area contributed by atoms with Gasteiger partial charge in [-0.1, -0.05) is 33.8 Å². The van der Waals surface area contributed by atoms with Crippen molar-refractivity contribution >= 4 is 27.5 Å². The number of anilines is 1. The third kappa shape index (κ3) is 6.39. The summed E-state index contributed by atoms with van der Waals surface area (Å²) in [4.78, 5) is 11.9. The molecule has 0 saturated heterocycles. The van der Waals surface area contributed by atoms with E-state index < -0.39 is 0 Å². The van der Waals surface area contributed by atoms with E-state index in [9.17, 15) is 4.79 Å². The topological polar surface area (TPSA) is 55.1 Å². The quantitative estimate of drug-likeness (QED) is 0.490. The minimum absolute atomic E-state index is 0. The molecule has 3 nitrogen and oxygen atoms in total. The van der Waals surface area contributed by atoms with E-state index in [2.05, 4.69) is 27.3 Å². The summed E-state index contributed by atoms with van der Waals surface area (Å²) in [7, 11) is 0. The van der Waals surface area contributed by atoms with Gasteiger partial charge in [0.1, 0.15) is 0 Å². The van der Waals surface area contributed by atoms with Gasteiger partial charge < -0.3 is 25.9 Å². The summed E-state index contributed by atoms with van der Waals surface area (Å²) in [6.07, 6.45) is 0. The maximum absolute atomic E-state index is 11.9.